The first kappa shape index (κ1) is 28.5. The number of imide groups is 1. The highest BCUT2D eigenvalue weighted by molar-refractivity contribution is 6.10. The van der Waals surface area contributed by atoms with Crippen molar-refractivity contribution in [1.82, 2.24) is 4.90 Å². The van der Waals surface area contributed by atoms with Crippen molar-refractivity contribution >= 4 is 29.4 Å². The number of nitrogens with zero attached hydrogens (tertiary/aromatic N) is 1. The van der Waals surface area contributed by atoms with Gasteiger partial charge in [0, 0.05) is 17.9 Å². The molecule has 0 aromatic heterocycles. The zero-order valence-electron chi connectivity index (χ0n) is 24.4. The SMILES string of the molecule is CCCC[C@H](C(=O)OCC(=O)Nc1cc(OC)ccc1OC)N1C(=O)[C@@H]2C3c4ccccc4C(c4ccccc43)[C@@H]2C1=O. The summed E-state index contributed by atoms with van der Waals surface area (Å²) in [4.78, 5) is 55.8. The van der Waals surface area contributed by atoms with Crippen LogP contribution in [0, 0.1) is 11.8 Å². The summed E-state index contributed by atoms with van der Waals surface area (Å²) in [7, 11) is 2.98. The van der Waals surface area contributed by atoms with Gasteiger partial charge in [0.15, 0.2) is 6.61 Å². The highest BCUT2D eigenvalue weighted by Crippen LogP contribution is 2.61. The molecule has 0 saturated carbocycles. The van der Waals surface area contributed by atoms with E-state index in [9.17, 15) is 19.2 Å². The van der Waals surface area contributed by atoms with Gasteiger partial charge in [0.05, 0.1) is 31.7 Å². The maximum absolute atomic E-state index is 14.2. The Kier molecular flexibility index (Phi) is 7.64. The number of unbranched alkanes of at least 4 members (excludes halogenated alkanes) is 1. The third kappa shape index (κ3) is 4.73. The Balaban J connectivity index is 1.24. The number of esters is 1. The van der Waals surface area contributed by atoms with Crippen LogP contribution in [0.5, 0.6) is 11.5 Å². The van der Waals surface area contributed by atoms with E-state index in [0.717, 1.165) is 33.6 Å². The molecule has 222 valence electrons. The highest BCUT2D eigenvalue weighted by Gasteiger charge is 2.63. The Morgan fingerprint density at radius 3 is 1.88 bits per heavy atom. The van der Waals surface area contributed by atoms with E-state index in [2.05, 4.69) is 5.32 Å². The van der Waals surface area contributed by atoms with Crippen molar-refractivity contribution in [3.63, 3.8) is 0 Å². The standard InChI is InChI=1S/C34H34N2O7/c1-4-5-14-25(34(40)43-18-27(37)35-24-17-19(41-2)15-16-26(24)42-3)36-32(38)30-28-20-10-6-7-11-21(20)29(31(30)33(36)39)23-13-9-8-12-22(23)28/h6-13,15-17,25,28-31H,4-5,14,18H2,1-3H3,(H,35,37)/t25-,28?,29?,30-,31+/m1/s1. The summed E-state index contributed by atoms with van der Waals surface area (Å²) < 4.78 is 16.0. The summed E-state index contributed by atoms with van der Waals surface area (Å²) in [5.74, 6) is -2.87. The normalized spacial score (nSPS) is 21.9. The van der Waals surface area contributed by atoms with E-state index in [1.54, 1.807) is 18.2 Å². The number of anilines is 1. The fourth-order valence-electron chi connectivity index (χ4n) is 7.09. The zero-order chi connectivity index (χ0) is 30.2. The van der Waals surface area contributed by atoms with Gasteiger partial charge in [-0.3, -0.25) is 19.3 Å². The van der Waals surface area contributed by atoms with E-state index in [4.69, 9.17) is 14.2 Å². The number of hydrogen-bond acceptors (Lipinski definition) is 7. The van der Waals surface area contributed by atoms with Crippen LogP contribution < -0.4 is 14.8 Å². The third-order valence-electron chi connectivity index (χ3n) is 8.92. The number of nitrogens with one attached hydrogen (secondary N) is 1. The van der Waals surface area contributed by atoms with Crippen LogP contribution in [-0.4, -0.2) is 55.5 Å². The minimum absolute atomic E-state index is 0.257. The molecule has 0 radical (unpaired) electrons. The number of likely N-dealkylation sites (tertiary alicyclic amines) is 1. The molecular weight excluding hydrogens is 548 g/mol. The Morgan fingerprint density at radius 2 is 1.40 bits per heavy atom. The summed E-state index contributed by atoms with van der Waals surface area (Å²) >= 11 is 0. The lowest BCUT2D eigenvalue weighted by atomic mass is 9.55. The molecule has 3 atom stereocenters. The number of methoxy groups -OCH3 is 2. The van der Waals surface area contributed by atoms with Gasteiger partial charge in [0.25, 0.3) is 5.91 Å². The van der Waals surface area contributed by atoms with Crippen molar-refractivity contribution in [3.8, 4) is 11.5 Å². The first-order valence-electron chi connectivity index (χ1n) is 14.6. The molecular formula is C34H34N2O7. The number of amides is 3. The smallest absolute Gasteiger partial charge is 0.329 e. The maximum atomic E-state index is 14.2. The summed E-state index contributed by atoms with van der Waals surface area (Å²) in [6, 6.07) is 19.8. The van der Waals surface area contributed by atoms with Crippen LogP contribution in [-0.2, 0) is 23.9 Å². The zero-order valence-corrected chi connectivity index (χ0v) is 24.4. The Morgan fingerprint density at radius 1 is 0.837 bits per heavy atom. The van der Waals surface area contributed by atoms with Gasteiger partial charge in [0.1, 0.15) is 17.5 Å². The second-order valence-corrected chi connectivity index (χ2v) is 11.2. The number of ether oxygens (including phenoxy) is 3. The minimum atomic E-state index is -1.12. The molecule has 1 saturated heterocycles. The van der Waals surface area contributed by atoms with Crippen LogP contribution >= 0.6 is 0 Å². The quantitative estimate of drug-likeness (QED) is 0.274. The van der Waals surface area contributed by atoms with Gasteiger partial charge in [0.2, 0.25) is 11.8 Å². The molecule has 3 aromatic carbocycles. The van der Waals surface area contributed by atoms with Gasteiger partial charge in [-0.05, 0) is 40.8 Å². The molecule has 9 nitrogen and oxygen atoms in total. The largest absolute Gasteiger partial charge is 0.497 e. The van der Waals surface area contributed by atoms with Crippen LogP contribution in [0.25, 0.3) is 0 Å². The predicted molar refractivity (Wildman–Crippen MR) is 158 cm³/mol. The third-order valence-corrected chi connectivity index (χ3v) is 8.92. The van der Waals surface area contributed by atoms with Gasteiger partial charge in [-0.1, -0.05) is 68.3 Å². The summed E-state index contributed by atoms with van der Waals surface area (Å²) in [5.41, 5.74) is 4.61. The van der Waals surface area contributed by atoms with E-state index in [-0.39, 0.29) is 30.1 Å². The monoisotopic (exact) mass is 582 g/mol. The van der Waals surface area contributed by atoms with E-state index >= 15 is 0 Å². The number of carbonyl (C=O) groups excluding carboxylic acids is 4. The molecule has 1 aliphatic heterocycles. The van der Waals surface area contributed by atoms with Gasteiger partial charge in [-0.2, -0.15) is 0 Å². The molecule has 2 bridgehead atoms. The Labute approximate surface area is 250 Å². The molecule has 7 rings (SSSR count). The van der Waals surface area contributed by atoms with Crippen LogP contribution in [0.1, 0.15) is 60.3 Å². The molecule has 1 N–H and O–H groups in total. The number of rotatable bonds is 10. The van der Waals surface area contributed by atoms with Crippen LogP contribution in [0.15, 0.2) is 66.7 Å². The molecule has 4 aliphatic rings. The molecule has 43 heavy (non-hydrogen) atoms. The molecule has 9 heteroatoms. The lowest BCUT2D eigenvalue weighted by molar-refractivity contribution is -0.160. The molecule has 3 amide bonds. The lowest BCUT2D eigenvalue weighted by Crippen LogP contribution is -2.47. The van der Waals surface area contributed by atoms with E-state index < -0.39 is 36.4 Å². The van der Waals surface area contributed by atoms with E-state index in [0.29, 0.717) is 23.6 Å². The second-order valence-electron chi connectivity index (χ2n) is 11.2. The first-order valence-corrected chi connectivity index (χ1v) is 14.6. The topological polar surface area (TPSA) is 111 Å². The van der Waals surface area contributed by atoms with Crippen molar-refractivity contribution in [2.45, 2.75) is 44.1 Å². The molecule has 1 heterocycles. The summed E-state index contributed by atoms with van der Waals surface area (Å²) in [6.45, 7) is 1.38. The minimum Gasteiger partial charge on any atom is -0.497 e. The van der Waals surface area contributed by atoms with E-state index in [1.165, 1.54) is 14.2 Å². The van der Waals surface area contributed by atoms with Gasteiger partial charge >= 0.3 is 5.97 Å². The number of hydrogen-bond donors (Lipinski definition) is 1. The van der Waals surface area contributed by atoms with Crippen molar-refractivity contribution in [1.29, 1.82) is 0 Å². The van der Waals surface area contributed by atoms with Crippen LogP contribution in [0.4, 0.5) is 5.69 Å². The van der Waals surface area contributed by atoms with Crippen molar-refractivity contribution < 1.29 is 33.4 Å². The molecule has 3 aromatic rings. The van der Waals surface area contributed by atoms with E-state index in [1.807, 2.05) is 55.5 Å². The van der Waals surface area contributed by atoms with Gasteiger partial charge in [-0.25, -0.2) is 4.79 Å². The fourth-order valence-corrected chi connectivity index (χ4v) is 7.09. The fraction of sp³-hybridized carbons (Fsp3) is 0.353. The summed E-state index contributed by atoms with van der Waals surface area (Å²) in [6.07, 6.45) is 1.62. The molecule has 3 aliphatic carbocycles. The average Bonchev–Trinajstić information content (AvgIpc) is 3.30. The predicted octanol–water partition coefficient (Wildman–Crippen LogP) is 4.64. The number of benzene rings is 3. The maximum Gasteiger partial charge on any atom is 0.329 e. The lowest BCUT2D eigenvalue weighted by Gasteiger charge is -2.45. The molecule has 0 spiro atoms. The Bertz CT molecular complexity index is 1490. The Hall–Kier alpha value is -4.66. The average molecular weight is 583 g/mol. The van der Waals surface area contributed by atoms with Gasteiger partial charge < -0.3 is 19.5 Å². The molecule has 0 unspecified atom stereocenters. The highest BCUT2D eigenvalue weighted by atomic mass is 16.5. The second kappa shape index (κ2) is 11.6. The van der Waals surface area contributed by atoms with Crippen LogP contribution in [0.2, 0.25) is 0 Å². The van der Waals surface area contributed by atoms with Crippen molar-refractivity contribution in [2.75, 3.05) is 26.1 Å². The summed E-state index contributed by atoms with van der Waals surface area (Å²) in [5, 5.41) is 2.67. The van der Waals surface area contributed by atoms with Crippen molar-refractivity contribution in [3.05, 3.63) is 89.0 Å². The van der Waals surface area contributed by atoms with Crippen LogP contribution in [0.3, 0.4) is 0 Å². The van der Waals surface area contributed by atoms with Gasteiger partial charge in [-0.15, -0.1) is 0 Å². The van der Waals surface area contributed by atoms with Crippen molar-refractivity contribution in [2.24, 2.45) is 11.8 Å². The molecule has 1 fully saturated rings. The first-order chi connectivity index (χ1) is 20.9. The number of carbonyl (C=O) groups is 4.